The van der Waals surface area contributed by atoms with Crippen molar-refractivity contribution >= 4 is 21.4 Å². The van der Waals surface area contributed by atoms with Gasteiger partial charge in [0, 0.05) is 6.54 Å². The van der Waals surface area contributed by atoms with Crippen molar-refractivity contribution in [2.75, 3.05) is 35.4 Å². The number of para-hydroxylation sites is 1. The summed E-state index contributed by atoms with van der Waals surface area (Å²) in [6.45, 7) is 6.48. The molecule has 0 amide bonds. The molecule has 0 saturated carbocycles. The van der Waals surface area contributed by atoms with Crippen LogP contribution in [0.25, 0.3) is 0 Å². The second-order valence-electron chi connectivity index (χ2n) is 6.28. The molecule has 0 radical (unpaired) electrons. The molecule has 6 heteroatoms. The van der Waals surface area contributed by atoms with Gasteiger partial charge < -0.3 is 9.64 Å². The fourth-order valence-corrected chi connectivity index (χ4v) is 4.88. The fraction of sp³-hybridized carbons (Fsp3) is 0.333. The van der Waals surface area contributed by atoms with Gasteiger partial charge in [0.1, 0.15) is 18.0 Å². The van der Waals surface area contributed by atoms with E-state index in [1.54, 1.807) is 12.1 Å². The maximum absolute atomic E-state index is 13.2. The normalized spacial score (nSPS) is 16.6. The van der Waals surface area contributed by atoms with Crippen molar-refractivity contribution in [3.8, 4) is 5.75 Å². The highest BCUT2D eigenvalue weighted by Gasteiger charge is 2.35. The Hall–Kier alpha value is -2.21. The SMILES string of the molecule is Cc1ccc(S(=O)(=O)N2CCN3CCOc4cccc2c43)cc1C. The van der Waals surface area contributed by atoms with Crippen LogP contribution < -0.4 is 13.9 Å². The molecule has 2 aliphatic rings. The number of anilines is 2. The minimum atomic E-state index is -3.59. The second-order valence-corrected chi connectivity index (χ2v) is 8.14. The Balaban J connectivity index is 1.83. The van der Waals surface area contributed by atoms with E-state index in [1.807, 2.05) is 38.1 Å². The number of ether oxygens (including phenoxy) is 1. The van der Waals surface area contributed by atoms with Crippen LogP contribution in [0.3, 0.4) is 0 Å². The third-order valence-corrected chi connectivity index (χ3v) is 6.63. The molecule has 0 atom stereocenters. The summed E-state index contributed by atoms with van der Waals surface area (Å²) >= 11 is 0. The summed E-state index contributed by atoms with van der Waals surface area (Å²) in [6, 6.07) is 10.9. The molecule has 0 N–H and O–H groups in total. The van der Waals surface area contributed by atoms with Crippen molar-refractivity contribution in [1.29, 1.82) is 0 Å². The van der Waals surface area contributed by atoms with E-state index in [4.69, 9.17) is 4.74 Å². The van der Waals surface area contributed by atoms with Crippen LogP contribution in [0.1, 0.15) is 11.1 Å². The van der Waals surface area contributed by atoms with E-state index >= 15 is 0 Å². The van der Waals surface area contributed by atoms with E-state index in [1.165, 1.54) is 4.31 Å². The van der Waals surface area contributed by atoms with Crippen molar-refractivity contribution in [2.45, 2.75) is 18.7 Å². The summed E-state index contributed by atoms with van der Waals surface area (Å²) in [5.41, 5.74) is 3.66. The molecule has 126 valence electrons. The van der Waals surface area contributed by atoms with Gasteiger partial charge in [0.2, 0.25) is 0 Å². The summed E-state index contributed by atoms with van der Waals surface area (Å²) in [7, 11) is -3.59. The number of nitrogens with zero attached hydrogens (tertiary/aromatic N) is 2. The lowest BCUT2D eigenvalue weighted by Gasteiger charge is -2.41. The Morgan fingerprint density at radius 3 is 2.62 bits per heavy atom. The van der Waals surface area contributed by atoms with Gasteiger partial charge in [-0.1, -0.05) is 12.1 Å². The number of aryl methyl sites for hydroxylation is 2. The lowest BCUT2D eigenvalue weighted by Crippen LogP contribution is -2.46. The van der Waals surface area contributed by atoms with Crippen molar-refractivity contribution < 1.29 is 13.2 Å². The molecule has 0 aromatic heterocycles. The van der Waals surface area contributed by atoms with E-state index in [-0.39, 0.29) is 0 Å². The Morgan fingerprint density at radius 1 is 1.00 bits per heavy atom. The molecule has 0 aliphatic carbocycles. The molecule has 0 bridgehead atoms. The minimum Gasteiger partial charge on any atom is -0.489 e. The molecule has 2 aromatic carbocycles. The van der Waals surface area contributed by atoms with Crippen molar-refractivity contribution in [3.63, 3.8) is 0 Å². The molecule has 2 heterocycles. The number of hydrogen-bond acceptors (Lipinski definition) is 4. The first-order valence-electron chi connectivity index (χ1n) is 8.09. The third kappa shape index (κ3) is 2.24. The largest absolute Gasteiger partial charge is 0.489 e. The number of hydrogen-bond donors (Lipinski definition) is 0. The van der Waals surface area contributed by atoms with E-state index in [2.05, 4.69) is 4.90 Å². The van der Waals surface area contributed by atoms with Crippen molar-refractivity contribution in [2.24, 2.45) is 0 Å². The molecule has 0 fully saturated rings. The minimum absolute atomic E-state index is 0.341. The van der Waals surface area contributed by atoms with Crippen LogP contribution in [0, 0.1) is 13.8 Å². The van der Waals surface area contributed by atoms with Gasteiger partial charge in [-0.25, -0.2) is 8.42 Å². The first-order chi connectivity index (χ1) is 11.5. The zero-order valence-electron chi connectivity index (χ0n) is 13.8. The van der Waals surface area contributed by atoms with Gasteiger partial charge in [-0.15, -0.1) is 0 Å². The quantitative estimate of drug-likeness (QED) is 0.840. The highest BCUT2D eigenvalue weighted by molar-refractivity contribution is 7.92. The highest BCUT2D eigenvalue weighted by Crippen LogP contribution is 2.44. The zero-order valence-corrected chi connectivity index (χ0v) is 14.6. The van der Waals surface area contributed by atoms with E-state index < -0.39 is 10.0 Å². The van der Waals surface area contributed by atoms with Crippen LogP contribution in [0.15, 0.2) is 41.3 Å². The maximum atomic E-state index is 13.2. The van der Waals surface area contributed by atoms with Gasteiger partial charge in [0.05, 0.1) is 23.7 Å². The van der Waals surface area contributed by atoms with Gasteiger partial charge in [-0.05, 0) is 49.2 Å². The average Bonchev–Trinajstić information content (AvgIpc) is 2.58. The summed E-state index contributed by atoms with van der Waals surface area (Å²) in [6.07, 6.45) is 0. The Labute approximate surface area is 142 Å². The molecule has 0 unspecified atom stereocenters. The van der Waals surface area contributed by atoms with Crippen LogP contribution >= 0.6 is 0 Å². The van der Waals surface area contributed by atoms with Gasteiger partial charge in [-0.3, -0.25) is 4.31 Å². The third-order valence-electron chi connectivity index (χ3n) is 4.82. The van der Waals surface area contributed by atoms with E-state index in [0.717, 1.165) is 29.1 Å². The first kappa shape index (κ1) is 15.3. The van der Waals surface area contributed by atoms with Crippen molar-refractivity contribution in [1.82, 2.24) is 0 Å². The highest BCUT2D eigenvalue weighted by atomic mass is 32.2. The average molecular weight is 344 g/mol. The zero-order chi connectivity index (χ0) is 16.9. The predicted molar refractivity (Wildman–Crippen MR) is 94.6 cm³/mol. The first-order valence-corrected chi connectivity index (χ1v) is 9.53. The van der Waals surface area contributed by atoms with Crippen LogP contribution in [0.5, 0.6) is 5.75 Å². The van der Waals surface area contributed by atoms with Gasteiger partial charge in [0.25, 0.3) is 10.0 Å². The van der Waals surface area contributed by atoms with Gasteiger partial charge in [-0.2, -0.15) is 0 Å². The molecular formula is C18H20N2O3S. The molecule has 0 spiro atoms. The molecule has 24 heavy (non-hydrogen) atoms. The van der Waals surface area contributed by atoms with E-state index in [0.29, 0.717) is 30.3 Å². The fourth-order valence-electron chi connectivity index (χ4n) is 3.33. The summed E-state index contributed by atoms with van der Waals surface area (Å²) in [4.78, 5) is 2.55. The Bertz CT molecular complexity index is 908. The molecule has 2 aliphatic heterocycles. The monoisotopic (exact) mass is 344 g/mol. The predicted octanol–water partition coefficient (Wildman–Crippen LogP) is 2.71. The van der Waals surface area contributed by atoms with Crippen LogP contribution in [0.2, 0.25) is 0 Å². The van der Waals surface area contributed by atoms with Crippen LogP contribution in [-0.2, 0) is 10.0 Å². The molecule has 5 nitrogen and oxygen atoms in total. The lowest BCUT2D eigenvalue weighted by atomic mass is 10.1. The molecule has 0 saturated heterocycles. The smallest absolute Gasteiger partial charge is 0.264 e. The summed E-state index contributed by atoms with van der Waals surface area (Å²) in [5.74, 6) is 0.763. The topological polar surface area (TPSA) is 49.9 Å². The number of sulfonamides is 1. The molecule has 4 rings (SSSR count). The maximum Gasteiger partial charge on any atom is 0.264 e. The molecular weight excluding hydrogens is 324 g/mol. The second kappa shape index (κ2) is 5.41. The van der Waals surface area contributed by atoms with Crippen molar-refractivity contribution in [3.05, 3.63) is 47.5 Å². The number of benzene rings is 2. The number of rotatable bonds is 2. The summed E-state index contributed by atoms with van der Waals surface area (Å²) < 4.78 is 33.6. The standard InChI is InChI=1S/C18H20N2O3S/c1-13-6-7-15(12-14(13)2)24(21,22)20-9-8-19-10-11-23-17-5-3-4-16(20)18(17)19/h3-7,12H,8-11H2,1-2H3. The lowest BCUT2D eigenvalue weighted by molar-refractivity contribution is 0.307. The van der Waals surface area contributed by atoms with Crippen LogP contribution in [-0.4, -0.2) is 34.7 Å². The van der Waals surface area contributed by atoms with Crippen LogP contribution in [0.4, 0.5) is 11.4 Å². The van der Waals surface area contributed by atoms with E-state index in [9.17, 15) is 8.42 Å². The molecule has 2 aromatic rings. The Morgan fingerprint density at radius 2 is 1.83 bits per heavy atom. The summed E-state index contributed by atoms with van der Waals surface area (Å²) in [5, 5.41) is 0. The Kier molecular flexibility index (Phi) is 3.46. The van der Waals surface area contributed by atoms with Gasteiger partial charge >= 0.3 is 0 Å². The van der Waals surface area contributed by atoms with Gasteiger partial charge in [0.15, 0.2) is 0 Å².